The molecule has 1 unspecified atom stereocenters. The summed E-state index contributed by atoms with van der Waals surface area (Å²) in [6.45, 7) is 3.14. The third kappa shape index (κ3) is 4.64. The number of carbonyl (C=O) groups excluding carboxylic acids is 1. The average molecular weight is 441 g/mol. The quantitative estimate of drug-likeness (QED) is 0.544. The van der Waals surface area contributed by atoms with E-state index in [4.69, 9.17) is 16.3 Å². The van der Waals surface area contributed by atoms with E-state index in [1.165, 1.54) is 11.3 Å². The van der Waals surface area contributed by atoms with Crippen molar-refractivity contribution in [2.75, 3.05) is 38.7 Å². The number of benzene rings is 2. The van der Waals surface area contributed by atoms with Crippen LogP contribution in [0.5, 0.6) is 5.75 Å². The van der Waals surface area contributed by atoms with E-state index in [2.05, 4.69) is 39.5 Å². The van der Waals surface area contributed by atoms with Crippen molar-refractivity contribution in [2.24, 2.45) is 4.99 Å². The number of ether oxygens (including phenoxy) is 1. The lowest BCUT2D eigenvalue weighted by Gasteiger charge is -2.24. The highest BCUT2D eigenvalue weighted by Crippen LogP contribution is 2.38. The molecule has 1 atom stereocenters. The van der Waals surface area contributed by atoms with Gasteiger partial charge in [-0.1, -0.05) is 35.9 Å². The summed E-state index contributed by atoms with van der Waals surface area (Å²) in [5, 5.41) is 4.13. The maximum Gasteiger partial charge on any atom is 0.222 e. The van der Waals surface area contributed by atoms with Gasteiger partial charge in [0, 0.05) is 61.8 Å². The summed E-state index contributed by atoms with van der Waals surface area (Å²) >= 11 is 6.09. The highest BCUT2D eigenvalue weighted by molar-refractivity contribution is 6.30. The first kappa shape index (κ1) is 21.5. The molecule has 164 valence electrons. The van der Waals surface area contributed by atoms with Crippen LogP contribution < -0.4 is 15.0 Å². The van der Waals surface area contributed by atoms with Gasteiger partial charge in [-0.05, 0) is 36.6 Å². The van der Waals surface area contributed by atoms with Crippen molar-refractivity contribution in [3.05, 3.63) is 58.6 Å². The monoisotopic (exact) mass is 440 g/mol. The van der Waals surface area contributed by atoms with Crippen molar-refractivity contribution in [2.45, 2.75) is 31.7 Å². The number of amides is 1. The summed E-state index contributed by atoms with van der Waals surface area (Å²) in [5.74, 6) is 2.24. The number of rotatable bonds is 6. The summed E-state index contributed by atoms with van der Waals surface area (Å²) < 4.78 is 5.47. The van der Waals surface area contributed by atoms with E-state index < -0.39 is 0 Å². The second kappa shape index (κ2) is 9.60. The van der Waals surface area contributed by atoms with Crippen LogP contribution in [0.4, 0.5) is 5.69 Å². The molecule has 0 aromatic heterocycles. The van der Waals surface area contributed by atoms with Gasteiger partial charge in [0.2, 0.25) is 5.91 Å². The minimum atomic E-state index is 0.289. The molecule has 4 rings (SSSR count). The topological polar surface area (TPSA) is 57.2 Å². The number of anilines is 1. The zero-order chi connectivity index (χ0) is 21.8. The molecule has 7 heteroatoms. The maximum absolute atomic E-state index is 12.0. The lowest BCUT2D eigenvalue weighted by Crippen LogP contribution is -2.40. The first-order chi connectivity index (χ1) is 15.1. The van der Waals surface area contributed by atoms with Gasteiger partial charge in [0.1, 0.15) is 5.75 Å². The summed E-state index contributed by atoms with van der Waals surface area (Å²) in [6, 6.07) is 14.1. The number of nitrogens with one attached hydrogen (secondary N) is 1. The first-order valence-corrected chi connectivity index (χ1v) is 11.2. The van der Waals surface area contributed by atoms with Crippen LogP contribution in [-0.4, -0.2) is 50.6 Å². The van der Waals surface area contributed by atoms with Crippen molar-refractivity contribution < 1.29 is 9.53 Å². The van der Waals surface area contributed by atoms with E-state index in [9.17, 15) is 4.79 Å². The second-order valence-corrected chi connectivity index (χ2v) is 8.43. The number of aliphatic imine (C=N–C) groups is 1. The van der Waals surface area contributed by atoms with Crippen LogP contribution in [0.1, 0.15) is 36.3 Å². The molecule has 1 N–H and O–H groups in total. The van der Waals surface area contributed by atoms with Gasteiger partial charge in [-0.15, -0.1) is 0 Å². The number of guanidine groups is 1. The Hall–Kier alpha value is -2.73. The Balaban J connectivity index is 1.47. The van der Waals surface area contributed by atoms with Crippen LogP contribution in [0.15, 0.2) is 47.5 Å². The molecule has 0 saturated carbocycles. The minimum absolute atomic E-state index is 0.289. The molecule has 31 heavy (non-hydrogen) atoms. The molecule has 2 aromatic carbocycles. The molecule has 0 bridgehead atoms. The fraction of sp³-hybridized carbons (Fsp3) is 0.417. The molecule has 2 aliphatic rings. The third-order valence-corrected chi connectivity index (χ3v) is 6.38. The Bertz CT molecular complexity index is 978. The molecule has 2 aliphatic heterocycles. The molecule has 0 radical (unpaired) electrons. The van der Waals surface area contributed by atoms with Gasteiger partial charge in [0.25, 0.3) is 0 Å². The number of methoxy groups -OCH3 is 1. The Kier molecular flexibility index (Phi) is 6.66. The zero-order valence-corrected chi connectivity index (χ0v) is 18.9. The van der Waals surface area contributed by atoms with Crippen LogP contribution in [0.25, 0.3) is 0 Å². The van der Waals surface area contributed by atoms with Crippen LogP contribution >= 0.6 is 11.6 Å². The number of hydrogen-bond acceptors (Lipinski definition) is 3. The third-order valence-electron chi connectivity index (χ3n) is 6.14. The van der Waals surface area contributed by atoms with E-state index in [1.54, 1.807) is 14.2 Å². The summed E-state index contributed by atoms with van der Waals surface area (Å²) in [4.78, 5) is 20.8. The fourth-order valence-corrected chi connectivity index (χ4v) is 4.69. The number of carbonyl (C=O) groups is 1. The second-order valence-electron chi connectivity index (χ2n) is 8.00. The average Bonchev–Trinajstić information content (AvgIpc) is 3.37. The van der Waals surface area contributed by atoms with Gasteiger partial charge in [0.15, 0.2) is 5.96 Å². The molecular formula is C24H29ClN4O2. The fourth-order valence-electron chi connectivity index (χ4n) is 4.53. The number of hydrogen-bond donors (Lipinski definition) is 1. The van der Waals surface area contributed by atoms with Gasteiger partial charge in [-0.2, -0.15) is 0 Å². The van der Waals surface area contributed by atoms with E-state index in [0.29, 0.717) is 23.9 Å². The number of fused-ring (bicyclic) bond motifs is 1. The molecule has 2 aromatic rings. The van der Waals surface area contributed by atoms with Gasteiger partial charge in [-0.25, -0.2) is 0 Å². The SMILES string of the molecule is CN=C(NCc1ccc(Cl)cc1OC)N1CC(CCN2CCCC2=O)c2ccccc21. The van der Waals surface area contributed by atoms with Crippen LogP contribution in [0.3, 0.4) is 0 Å². The Morgan fingerprint density at radius 3 is 2.87 bits per heavy atom. The number of nitrogens with zero attached hydrogens (tertiary/aromatic N) is 3. The van der Waals surface area contributed by atoms with Gasteiger partial charge < -0.3 is 19.9 Å². The normalized spacial score (nSPS) is 18.5. The molecule has 0 aliphatic carbocycles. The predicted molar refractivity (Wildman–Crippen MR) is 125 cm³/mol. The highest BCUT2D eigenvalue weighted by atomic mass is 35.5. The zero-order valence-electron chi connectivity index (χ0n) is 18.1. The van der Waals surface area contributed by atoms with E-state index in [-0.39, 0.29) is 5.91 Å². The van der Waals surface area contributed by atoms with E-state index in [1.807, 2.05) is 23.1 Å². The van der Waals surface area contributed by atoms with Crippen LogP contribution in [-0.2, 0) is 11.3 Å². The van der Waals surface area contributed by atoms with E-state index in [0.717, 1.165) is 49.7 Å². The Morgan fingerprint density at radius 2 is 2.13 bits per heavy atom. The molecule has 0 spiro atoms. The van der Waals surface area contributed by atoms with Crippen molar-refractivity contribution >= 4 is 29.2 Å². The molecular weight excluding hydrogens is 412 g/mol. The number of para-hydroxylation sites is 1. The molecule has 1 amide bonds. The summed E-state index contributed by atoms with van der Waals surface area (Å²) in [5.41, 5.74) is 3.52. The van der Waals surface area contributed by atoms with Crippen LogP contribution in [0.2, 0.25) is 5.02 Å². The van der Waals surface area contributed by atoms with Gasteiger partial charge >= 0.3 is 0 Å². The largest absolute Gasteiger partial charge is 0.496 e. The van der Waals surface area contributed by atoms with Crippen LogP contribution in [0, 0.1) is 0 Å². The van der Waals surface area contributed by atoms with Gasteiger partial charge in [-0.3, -0.25) is 9.79 Å². The molecule has 1 saturated heterocycles. The lowest BCUT2D eigenvalue weighted by atomic mass is 9.98. The smallest absolute Gasteiger partial charge is 0.222 e. The highest BCUT2D eigenvalue weighted by Gasteiger charge is 2.32. The Labute approximate surface area is 188 Å². The van der Waals surface area contributed by atoms with Crippen molar-refractivity contribution in [3.63, 3.8) is 0 Å². The Morgan fingerprint density at radius 1 is 1.29 bits per heavy atom. The van der Waals surface area contributed by atoms with E-state index >= 15 is 0 Å². The predicted octanol–water partition coefficient (Wildman–Crippen LogP) is 4.04. The van der Waals surface area contributed by atoms with Gasteiger partial charge in [0.05, 0.1) is 7.11 Å². The van der Waals surface area contributed by atoms with Crippen molar-refractivity contribution in [1.82, 2.24) is 10.2 Å². The minimum Gasteiger partial charge on any atom is -0.496 e. The number of halogens is 1. The molecule has 2 heterocycles. The first-order valence-electron chi connectivity index (χ1n) is 10.8. The number of likely N-dealkylation sites (tertiary alicyclic amines) is 1. The maximum atomic E-state index is 12.0. The molecule has 1 fully saturated rings. The van der Waals surface area contributed by atoms with Crippen molar-refractivity contribution in [1.29, 1.82) is 0 Å². The standard InChI is InChI=1S/C24H29ClN4O2/c1-26-24(27-15-17-9-10-19(25)14-22(17)31-2)29-16-18(20-6-3-4-7-21(20)29)11-13-28-12-5-8-23(28)30/h3-4,6-7,9-10,14,18H,5,8,11-13,15-16H2,1-2H3,(H,26,27). The lowest BCUT2D eigenvalue weighted by molar-refractivity contribution is -0.127. The summed E-state index contributed by atoms with van der Waals surface area (Å²) in [7, 11) is 3.46. The summed E-state index contributed by atoms with van der Waals surface area (Å²) in [6.07, 6.45) is 2.64. The van der Waals surface area contributed by atoms with Crippen molar-refractivity contribution in [3.8, 4) is 5.75 Å². The molecule has 6 nitrogen and oxygen atoms in total.